The monoisotopic (exact) mass is 1020 g/mol. The number of halogens is 2. The standard InChI is InChI=1S/3C18H33P.2ClH.Ru/c3*1-4-10-16(11-5-1)19(17-12-6-2-7-13-17)18-14-8-3-9-15-18;;;/h3*16-18H,1-15H2;2*1H;/q;;;;;+2/p+1. The quantitative estimate of drug-likeness (QED) is 0.159. The molecular weight excluding hydrogens is 913 g/mol. The van der Waals surface area contributed by atoms with Gasteiger partial charge in [0.15, 0.2) is 0 Å². The van der Waals surface area contributed by atoms with Gasteiger partial charge >= 0.3 is 34.5 Å². The average Bonchev–Trinajstić information content (AvgIpc) is 3.33. The first-order chi connectivity index (χ1) is 29.8. The fourth-order valence-corrected chi connectivity index (χ4v) is 31.6. The second kappa shape index (κ2) is 31.5. The van der Waals surface area contributed by atoms with E-state index in [4.69, 9.17) is 19.4 Å². The summed E-state index contributed by atoms with van der Waals surface area (Å²) in [5.41, 5.74) is 11.0. The normalized spacial score (nSPS) is 27.8. The fourth-order valence-electron chi connectivity index (χ4n) is 15.9. The van der Waals surface area contributed by atoms with Crippen LogP contribution in [-0.4, -0.2) is 50.9 Å². The van der Waals surface area contributed by atoms with E-state index in [0.29, 0.717) is 0 Å². The van der Waals surface area contributed by atoms with E-state index in [1.165, 1.54) is 50.9 Å². The van der Waals surface area contributed by atoms with Gasteiger partial charge in [-0.3, -0.25) is 0 Å². The summed E-state index contributed by atoms with van der Waals surface area (Å²) in [6, 6.07) is 0. The maximum atomic E-state index is 4.85. The van der Waals surface area contributed by atoms with Gasteiger partial charge in [-0.1, -0.05) is 57.8 Å². The average molecular weight is 1020 g/mol. The van der Waals surface area contributed by atoms with Gasteiger partial charge in [-0.2, -0.15) is 0 Å². The number of hydrogen-bond acceptors (Lipinski definition) is 0. The molecule has 60 heavy (non-hydrogen) atoms. The zero-order valence-electron chi connectivity index (χ0n) is 39.6. The van der Waals surface area contributed by atoms with Crippen LogP contribution in [0.15, 0.2) is 0 Å². The molecule has 0 aliphatic heterocycles. The molecule has 0 heterocycles. The van der Waals surface area contributed by atoms with Crippen LogP contribution in [0.3, 0.4) is 0 Å². The molecule has 0 spiro atoms. The summed E-state index contributed by atoms with van der Waals surface area (Å²) in [5, 5.41) is 0. The van der Waals surface area contributed by atoms with Crippen molar-refractivity contribution >= 4 is 43.1 Å². The Kier molecular flexibility index (Phi) is 27.3. The van der Waals surface area contributed by atoms with E-state index >= 15 is 0 Å². The van der Waals surface area contributed by atoms with Crippen LogP contribution in [0.1, 0.15) is 289 Å². The molecule has 0 radical (unpaired) electrons. The third-order valence-electron chi connectivity index (χ3n) is 18.7. The molecule has 0 aromatic rings. The molecule has 9 aliphatic rings. The minimum absolute atomic E-state index is 0.0465. The van der Waals surface area contributed by atoms with Gasteiger partial charge in [0.25, 0.3) is 0 Å². The van der Waals surface area contributed by atoms with E-state index in [9.17, 15) is 0 Å². The summed E-state index contributed by atoms with van der Waals surface area (Å²) in [5.74, 6) is 0. The number of rotatable bonds is 9. The first-order valence-corrected chi connectivity index (χ1v) is 37.9. The van der Waals surface area contributed by atoms with E-state index in [2.05, 4.69) is 0 Å². The van der Waals surface area contributed by atoms with E-state index in [-0.39, 0.29) is 38.9 Å². The first-order valence-electron chi connectivity index (χ1n) is 28.2. The summed E-state index contributed by atoms with van der Waals surface area (Å²) < 4.78 is 0. The summed E-state index contributed by atoms with van der Waals surface area (Å²) >= 11 is -0.346. The van der Waals surface area contributed by atoms with Crippen molar-refractivity contribution in [2.45, 2.75) is 340 Å². The Morgan fingerprint density at radius 1 is 0.183 bits per heavy atom. The molecule has 352 valence electrons. The van der Waals surface area contributed by atoms with Crippen LogP contribution in [-0.2, 0) is 15.1 Å². The Morgan fingerprint density at radius 2 is 0.267 bits per heavy atom. The van der Waals surface area contributed by atoms with Gasteiger partial charge in [0, 0.05) is 23.8 Å². The molecular formula is C54H102Cl2P3Ru+3. The third-order valence-corrected chi connectivity index (χ3v) is 32.4. The second-order valence-electron chi connectivity index (χ2n) is 22.6. The number of hydrogen-bond donors (Lipinski definition) is 0. The van der Waals surface area contributed by atoms with Gasteiger partial charge in [0.05, 0.1) is 50.9 Å². The van der Waals surface area contributed by atoms with Crippen molar-refractivity contribution in [1.82, 2.24) is 0 Å². The van der Waals surface area contributed by atoms with E-state index in [1.807, 2.05) is 0 Å². The van der Waals surface area contributed by atoms with Gasteiger partial charge in [-0.25, -0.2) is 0 Å². The Morgan fingerprint density at radius 3 is 0.350 bits per heavy atom. The third kappa shape index (κ3) is 17.5. The Bertz CT molecular complexity index is 769. The van der Waals surface area contributed by atoms with Crippen LogP contribution in [0, 0.1) is 0 Å². The molecule has 0 amide bonds. The Labute approximate surface area is 395 Å². The van der Waals surface area contributed by atoms with Crippen molar-refractivity contribution in [3.8, 4) is 0 Å². The summed E-state index contributed by atoms with van der Waals surface area (Å²) in [6.07, 6.45) is 71.4. The molecule has 9 aliphatic carbocycles. The SMILES string of the molecule is C1CCC([PH+](C2CCCCC2)C2CCCCC2)CC1.C1CCC([PH+](C2CCCCC2)C2CCCCC2)CC1.C1CCC([PH+](C2CCCCC2)C2CCCCC2)CC1.[Cl][Ru][Cl]. The molecule has 6 heteroatoms. The van der Waals surface area contributed by atoms with Crippen LogP contribution in [0.5, 0.6) is 0 Å². The zero-order valence-corrected chi connectivity index (χ0v) is 45.9. The topological polar surface area (TPSA) is 0 Å². The van der Waals surface area contributed by atoms with Gasteiger partial charge in [-0.05, 0) is 231 Å². The van der Waals surface area contributed by atoms with Gasteiger partial charge < -0.3 is 0 Å². The molecule has 0 unspecified atom stereocenters. The first kappa shape index (κ1) is 51.9. The van der Waals surface area contributed by atoms with Gasteiger partial charge in [0.2, 0.25) is 0 Å². The van der Waals surface area contributed by atoms with Crippen molar-refractivity contribution < 1.29 is 15.1 Å². The maximum absolute atomic E-state index is 4.85. The van der Waals surface area contributed by atoms with E-state index in [1.54, 1.807) is 289 Å². The van der Waals surface area contributed by atoms with Gasteiger partial charge in [-0.15, -0.1) is 0 Å². The fraction of sp³-hybridized carbons (Fsp3) is 1.00. The van der Waals surface area contributed by atoms with E-state index in [0.717, 1.165) is 0 Å². The van der Waals surface area contributed by atoms with E-state index < -0.39 is 0 Å². The van der Waals surface area contributed by atoms with Crippen molar-refractivity contribution in [2.75, 3.05) is 0 Å². The van der Waals surface area contributed by atoms with Crippen molar-refractivity contribution in [3.05, 3.63) is 0 Å². The molecule has 9 saturated carbocycles. The molecule has 0 aromatic carbocycles. The molecule has 0 saturated heterocycles. The zero-order chi connectivity index (χ0) is 41.5. The molecule has 0 nitrogen and oxygen atoms in total. The van der Waals surface area contributed by atoms with Crippen LogP contribution < -0.4 is 0 Å². The predicted molar refractivity (Wildman–Crippen MR) is 279 cm³/mol. The molecule has 0 aromatic heterocycles. The Hall–Kier alpha value is 2.49. The summed E-state index contributed by atoms with van der Waals surface area (Å²) in [4.78, 5) is 0. The van der Waals surface area contributed by atoms with Crippen molar-refractivity contribution in [1.29, 1.82) is 0 Å². The molecule has 9 rings (SSSR count). The van der Waals surface area contributed by atoms with Gasteiger partial charge in [0.1, 0.15) is 0 Å². The van der Waals surface area contributed by atoms with Crippen molar-refractivity contribution in [3.63, 3.8) is 0 Å². The van der Waals surface area contributed by atoms with Crippen LogP contribution >= 0.6 is 43.1 Å². The molecule has 9 fully saturated rings. The second-order valence-corrected chi connectivity index (χ2v) is 35.6. The summed E-state index contributed by atoms with van der Waals surface area (Å²) in [7, 11) is 9.57. The molecule has 0 bridgehead atoms. The Balaban J connectivity index is 0.000000146. The summed E-state index contributed by atoms with van der Waals surface area (Å²) in [6.45, 7) is 0. The minimum atomic E-state index is -0.346. The molecule has 0 atom stereocenters. The van der Waals surface area contributed by atoms with Crippen LogP contribution in [0.2, 0.25) is 0 Å². The van der Waals surface area contributed by atoms with Crippen molar-refractivity contribution in [2.24, 2.45) is 0 Å². The van der Waals surface area contributed by atoms with Crippen LogP contribution in [0.25, 0.3) is 0 Å². The predicted octanol–water partition coefficient (Wildman–Crippen LogP) is 20.0. The molecule has 0 N–H and O–H groups in total. The van der Waals surface area contributed by atoms with Crippen LogP contribution in [0.4, 0.5) is 0 Å².